The van der Waals surface area contributed by atoms with Crippen molar-refractivity contribution in [2.45, 2.75) is 18.7 Å². The van der Waals surface area contributed by atoms with Gasteiger partial charge in [-0.15, -0.1) is 0 Å². The van der Waals surface area contributed by atoms with Crippen LogP contribution in [0.15, 0.2) is 23.1 Å². The van der Waals surface area contributed by atoms with E-state index in [1.165, 1.54) is 4.31 Å². The molecule has 6 nitrogen and oxygen atoms in total. The van der Waals surface area contributed by atoms with Crippen molar-refractivity contribution in [2.24, 2.45) is 0 Å². The van der Waals surface area contributed by atoms with Gasteiger partial charge >= 0.3 is 0 Å². The second-order valence-corrected chi connectivity index (χ2v) is 7.79. The van der Waals surface area contributed by atoms with Crippen LogP contribution in [-0.2, 0) is 14.8 Å². The molecule has 25 heavy (non-hydrogen) atoms. The molecule has 1 aliphatic heterocycles. The lowest BCUT2D eigenvalue weighted by molar-refractivity contribution is -0.132. The summed E-state index contributed by atoms with van der Waals surface area (Å²) < 4.78 is 52.8. The number of hydrogen-bond acceptors (Lipinski definition) is 4. The molecule has 0 aromatic heterocycles. The lowest BCUT2D eigenvalue weighted by Crippen LogP contribution is -2.51. The number of carbonyl (C=O) groups excluding carboxylic acids is 1. The minimum atomic E-state index is -3.95. The summed E-state index contributed by atoms with van der Waals surface area (Å²) in [6.07, 6.45) is 0. The largest absolute Gasteiger partial charge is 0.342 e. The van der Waals surface area contributed by atoms with Gasteiger partial charge in [0.05, 0.1) is 11.4 Å². The fraction of sp³-hybridized carbons (Fsp3) is 0.562. The minimum absolute atomic E-state index is 0.00788. The maximum Gasteiger partial charge on any atom is 0.243 e. The molecular weight excluding hydrogens is 352 g/mol. The minimum Gasteiger partial charge on any atom is -0.342 e. The van der Waals surface area contributed by atoms with Crippen LogP contribution in [0.5, 0.6) is 0 Å². The maximum absolute atomic E-state index is 13.3. The van der Waals surface area contributed by atoms with E-state index in [0.717, 1.165) is 12.1 Å². The van der Waals surface area contributed by atoms with Crippen molar-refractivity contribution in [1.29, 1.82) is 0 Å². The Morgan fingerprint density at radius 1 is 1.04 bits per heavy atom. The van der Waals surface area contributed by atoms with Crippen LogP contribution in [0.4, 0.5) is 8.78 Å². The Bertz CT molecular complexity index is 695. The molecule has 2 rings (SSSR count). The van der Waals surface area contributed by atoms with E-state index < -0.39 is 26.6 Å². The van der Waals surface area contributed by atoms with Gasteiger partial charge < -0.3 is 4.90 Å². The third kappa shape index (κ3) is 4.74. The fourth-order valence-corrected chi connectivity index (χ4v) is 4.29. The monoisotopic (exact) mass is 375 g/mol. The normalized spacial score (nSPS) is 16.8. The first kappa shape index (κ1) is 19.7. The van der Waals surface area contributed by atoms with Gasteiger partial charge in [0, 0.05) is 45.3 Å². The standard InChI is InChI=1S/C16H23F2N3O3S/c1-3-20(4-2)16(22)12-19-5-7-21(8-6-19)25(23,24)15-10-13(17)9-14(18)11-15/h9-11H,3-8,12H2,1-2H3. The Labute approximate surface area is 147 Å². The molecule has 9 heteroatoms. The van der Waals surface area contributed by atoms with Gasteiger partial charge in [-0.3, -0.25) is 9.69 Å². The average Bonchev–Trinajstić information content (AvgIpc) is 2.55. The highest BCUT2D eigenvalue weighted by Crippen LogP contribution is 2.20. The Hall–Kier alpha value is -1.58. The number of nitrogens with zero attached hydrogens (tertiary/aromatic N) is 3. The van der Waals surface area contributed by atoms with Crippen molar-refractivity contribution < 1.29 is 22.0 Å². The molecule has 1 aliphatic rings. The van der Waals surface area contributed by atoms with Crippen LogP contribution in [0.25, 0.3) is 0 Å². The van der Waals surface area contributed by atoms with E-state index >= 15 is 0 Å². The van der Waals surface area contributed by atoms with Crippen LogP contribution in [0.3, 0.4) is 0 Å². The highest BCUT2D eigenvalue weighted by molar-refractivity contribution is 7.89. The summed E-state index contributed by atoms with van der Waals surface area (Å²) in [5, 5.41) is 0. The zero-order valence-electron chi connectivity index (χ0n) is 14.4. The van der Waals surface area contributed by atoms with Crippen LogP contribution in [0, 0.1) is 11.6 Å². The summed E-state index contributed by atoms with van der Waals surface area (Å²) in [5.74, 6) is -1.85. The molecular formula is C16H23F2N3O3S. The Morgan fingerprint density at radius 2 is 1.56 bits per heavy atom. The third-order valence-electron chi connectivity index (χ3n) is 4.28. The zero-order chi connectivity index (χ0) is 18.6. The highest BCUT2D eigenvalue weighted by Gasteiger charge is 2.30. The molecule has 0 N–H and O–H groups in total. The highest BCUT2D eigenvalue weighted by atomic mass is 32.2. The Balaban J connectivity index is 2.00. The molecule has 0 unspecified atom stereocenters. The van der Waals surface area contributed by atoms with E-state index in [2.05, 4.69) is 0 Å². The fourth-order valence-electron chi connectivity index (χ4n) is 2.82. The van der Waals surface area contributed by atoms with Crippen molar-refractivity contribution in [3.8, 4) is 0 Å². The molecule has 0 aliphatic carbocycles. The van der Waals surface area contributed by atoms with Crippen LogP contribution < -0.4 is 0 Å². The van der Waals surface area contributed by atoms with Gasteiger partial charge in [-0.2, -0.15) is 4.31 Å². The summed E-state index contributed by atoms with van der Waals surface area (Å²) in [7, 11) is -3.95. The van der Waals surface area contributed by atoms with Crippen molar-refractivity contribution in [2.75, 3.05) is 45.8 Å². The number of likely N-dealkylation sites (N-methyl/N-ethyl adjacent to an activating group) is 1. The zero-order valence-corrected chi connectivity index (χ0v) is 15.2. The third-order valence-corrected chi connectivity index (χ3v) is 6.16. The number of benzene rings is 1. The number of halogens is 2. The van der Waals surface area contributed by atoms with Crippen molar-refractivity contribution in [3.05, 3.63) is 29.8 Å². The molecule has 1 fully saturated rings. The topological polar surface area (TPSA) is 60.9 Å². The van der Waals surface area contributed by atoms with Gasteiger partial charge in [0.2, 0.25) is 15.9 Å². The average molecular weight is 375 g/mol. The lowest BCUT2D eigenvalue weighted by atomic mass is 10.3. The summed E-state index contributed by atoms with van der Waals surface area (Å²) in [6, 6.07) is 2.26. The molecule has 1 heterocycles. The predicted molar refractivity (Wildman–Crippen MR) is 89.5 cm³/mol. The predicted octanol–water partition coefficient (Wildman–Crippen LogP) is 1.14. The molecule has 0 atom stereocenters. The van der Waals surface area contributed by atoms with Crippen LogP contribution in [0.2, 0.25) is 0 Å². The van der Waals surface area contributed by atoms with Gasteiger partial charge in [0.15, 0.2) is 0 Å². The van der Waals surface area contributed by atoms with Gasteiger partial charge in [-0.25, -0.2) is 17.2 Å². The van der Waals surface area contributed by atoms with E-state index in [0.29, 0.717) is 32.2 Å². The first-order valence-electron chi connectivity index (χ1n) is 8.24. The first-order chi connectivity index (χ1) is 11.8. The second kappa shape index (κ2) is 8.20. The van der Waals surface area contributed by atoms with E-state index in [1.807, 2.05) is 18.7 Å². The summed E-state index contributed by atoms with van der Waals surface area (Å²) in [6.45, 7) is 6.45. The van der Waals surface area contributed by atoms with Gasteiger partial charge in [-0.1, -0.05) is 0 Å². The van der Waals surface area contributed by atoms with Gasteiger partial charge in [0.1, 0.15) is 11.6 Å². The molecule has 0 spiro atoms. The van der Waals surface area contributed by atoms with Crippen LogP contribution >= 0.6 is 0 Å². The number of hydrogen-bond donors (Lipinski definition) is 0. The number of rotatable bonds is 6. The lowest BCUT2D eigenvalue weighted by Gasteiger charge is -2.34. The van der Waals surface area contributed by atoms with Crippen molar-refractivity contribution >= 4 is 15.9 Å². The van der Waals surface area contributed by atoms with Gasteiger partial charge in [0.25, 0.3) is 0 Å². The van der Waals surface area contributed by atoms with E-state index in [4.69, 9.17) is 0 Å². The SMILES string of the molecule is CCN(CC)C(=O)CN1CCN(S(=O)(=O)c2cc(F)cc(F)c2)CC1. The maximum atomic E-state index is 13.3. The van der Waals surface area contributed by atoms with Crippen LogP contribution in [0.1, 0.15) is 13.8 Å². The van der Waals surface area contributed by atoms with E-state index in [1.54, 1.807) is 4.90 Å². The first-order valence-corrected chi connectivity index (χ1v) is 9.68. The molecule has 1 aromatic rings. The number of carbonyl (C=O) groups is 1. The number of piperazine rings is 1. The van der Waals surface area contributed by atoms with Crippen molar-refractivity contribution in [3.63, 3.8) is 0 Å². The van der Waals surface area contributed by atoms with E-state index in [9.17, 15) is 22.0 Å². The molecule has 0 radical (unpaired) electrons. The molecule has 1 amide bonds. The Morgan fingerprint density at radius 3 is 2.04 bits per heavy atom. The molecule has 140 valence electrons. The summed E-state index contributed by atoms with van der Waals surface area (Å²) in [4.78, 5) is 15.3. The van der Waals surface area contributed by atoms with Gasteiger partial charge in [-0.05, 0) is 26.0 Å². The second-order valence-electron chi connectivity index (χ2n) is 5.85. The molecule has 0 saturated carbocycles. The number of amides is 1. The van der Waals surface area contributed by atoms with E-state index in [-0.39, 0.29) is 25.5 Å². The van der Waals surface area contributed by atoms with Crippen LogP contribution in [-0.4, -0.2) is 74.2 Å². The summed E-state index contributed by atoms with van der Waals surface area (Å²) >= 11 is 0. The molecule has 0 bridgehead atoms. The summed E-state index contributed by atoms with van der Waals surface area (Å²) in [5.41, 5.74) is 0. The smallest absolute Gasteiger partial charge is 0.243 e. The molecule has 1 aromatic carbocycles. The number of sulfonamides is 1. The Kier molecular flexibility index (Phi) is 6.47. The van der Waals surface area contributed by atoms with Crippen molar-refractivity contribution in [1.82, 2.24) is 14.1 Å². The molecule has 1 saturated heterocycles. The quantitative estimate of drug-likeness (QED) is 0.748.